The molecule has 1 saturated heterocycles. The van der Waals surface area contributed by atoms with Crippen LogP contribution in [0.15, 0.2) is 36.4 Å². The molecule has 1 fully saturated rings. The predicted molar refractivity (Wildman–Crippen MR) is 142 cm³/mol. The van der Waals surface area contributed by atoms with Gasteiger partial charge in [0.05, 0.1) is 23.9 Å². The number of carbonyl (C=O) groups excluding carboxylic acids is 1. The van der Waals surface area contributed by atoms with Crippen molar-refractivity contribution in [3.8, 4) is 17.5 Å². The van der Waals surface area contributed by atoms with Crippen molar-refractivity contribution in [2.45, 2.75) is 52.0 Å². The molecule has 3 heterocycles. The molecule has 0 aliphatic carbocycles. The first kappa shape index (κ1) is 25.5. The predicted octanol–water partition coefficient (Wildman–Crippen LogP) is 4.76. The van der Waals surface area contributed by atoms with Crippen LogP contribution in [0.2, 0.25) is 0 Å². The fraction of sp³-hybridized carbons (Fsp3) is 0.414. The largest absolute Gasteiger partial charge is 0.359 e. The van der Waals surface area contributed by atoms with Gasteiger partial charge < -0.3 is 9.88 Å². The van der Waals surface area contributed by atoms with E-state index in [1.54, 1.807) is 5.01 Å². The van der Waals surface area contributed by atoms with Gasteiger partial charge in [-0.1, -0.05) is 23.2 Å². The maximum Gasteiger partial charge on any atom is 0.359 e. The number of hydrazine groups is 1. The number of nitrogens with zero attached hydrogens (tertiary/aromatic N) is 5. The highest BCUT2D eigenvalue weighted by molar-refractivity contribution is 5.97. The Kier molecular flexibility index (Phi) is 6.89. The van der Waals surface area contributed by atoms with Crippen molar-refractivity contribution in [3.63, 3.8) is 0 Å². The zero-order valence-corrected chi connectivity index (χ0v) is 22.3. The van der Waals surface area contributed by atoms with Crippen LogP contribution in [0.4, 0.5) is 0 Å². The molecule has 0 bridgehead atoms. The molecule has 1 unspecified atom stereocenters. The Morgan fingerprint density at radius 2 is 1.84 bits per heavy atom. The Balaban J connectivity index is 1.35. The van der Waals surface area contributed by atoms with Crippen LogP contribution in [0.25, 0.3) is 11.4 Å². The molecule has 1 aromatic heterocycles. The Morgan fingerprint density at radius 3 is 2.50 bits per heavy atom. The molecule has 2 aliphatic heterocycles. The zero-order chi connectivity index (χ0) is 27.0. The summed E-state index contributed by atoms with van der Waals surface area (Å²) in [7, 11) is 1.36. The Labute approximate surface area is 222 Å². The van der Waals surface area contributed by atoms with Crippen molar-refractivity contribution >= 4 is 5.91 Å². The standard InChI is InChI=1S/C29H33N6O3/c1-18-15-19(2)25(29(36)33-12-9-23(10-13-33)22-7-5-21(17-30)6-8-22)16-24(18)28-31-26-11-14-34(35(37)38-4)20(3)27(26)32-28/h5-8,15-16,20,23H,9-14H2,1-4H3,(H,31,32)/q+1. The SMILES string of the molecule is CO[N+](=O)N1CCc2[nH]c(-c3cc(C(=O)N4CCC(c5ccc(C#N)cc5)CC4)c(C)cc3C)nc2C1C. The lowest BCUT2D eigenvalue weighted by molar-refractivity contribution is -0.910. The molecule has 196 valence electrons. The summed E-state index contributed by atoms with van der Waals surface area (Å²) in [6.45, 7) is 7.86. The first-order chi connectivity index (χ1) is 18.3. The molecule has 38 heavy (non-hydrogen) atoms. The molecule has 1 amide bonds. The van der Waals surface area contributed by atoms with Gasteiger partial charge in [-0.2, -0.15) is 5.26 Å². The van der Waals surface area contributed by atoms with Crippen LogP contribution < -0.4 is 0 Å². The second kappa shape index (κ2) is 10.3. The van der Waals surface area contributed by atoms with Crippen LogP contribution in [-0.4, -0.2) is 57.6 Å². The fourth-order valence-electron chi connectivity index (χ4n) is 5.73. The number of nitrogens with one attached hydrogen (secondary N) is 1. The quantitative estimate of drug-likeness (QED) is 0.493. The normalized spacial score (nSPS) is 17.6. The van der Waals surface area contributed by atoms with E-state index in [4.69, 9.17) is 15.1 Å². The number of H-pyrrole nitrogens is 1. The zero-order valence-electron chi connectivity index (χ0n) is 22.3. The number of likely N-dealkylation sites (tertiary alicyclic amines) is 1. The molecule has 1 N–H and O–H groups in total. The third kappa shape index (κ3) is 4.62. The minimum absolute atomic E-state index is 0.0417. The highest BCUT2D eigenvalue weighted by Gasteiger charge is 2.37. The van der Waals surface area contributed by atoms with Crippen molar-refractivity contribution in [2.75, 3.05) is 26.7 Å². The minimum Gasteiger partial charge on any atom is -0.341 e. The number of aryl methyl sites for hydroxylation is 2. The average molecular weight is 514 g/mol. The van der Waals surface area contributed by atoms with Crippen LogP contribution in [0.5, 0.6) is 0 Å². The molecular weight excluding hydrogens is 480 g/mol. The molecule has 9 nitrogen and oxygen atoms in total. The van der Waals surface area contributed by atoms with Gasteiger partial charge in [0, 0.05) is 36.3 Å². The van der Waals surface area contributed by atoms with E-state index in [1.165, 1.54) is 12.7 Å². The lowest BCUT2D eigenvalue weighted by atomic mass is 9.88. The number of nitriles is 1. The second-order valence-corrected chi connectivity index (χ2v) is 10.2. The first-order valence-electron chi connectivity index (χ1n) is 13.1. The number of imidazole rings is 1. The van der Waals surface area contributed by atoms with Gasteiger partial charge in [0.2, 0.25) is 0 Å². The summed E-state index contributed by atoms with van der Waals surface area (Å²) in [5, 5.41) is 11.2. The van der Waals surface area contributed by atoms with Gasteiger partial charge in [0.1, 0.15) is 16.8 Å². The molecule has 3 aromatic rings. The van der Waals surface area contributed by atoms with Crippen LogP contribution in [0, 0.1) is 30.1 Å². The van der Waals surface area contributed by atoms with Gasteiger partial charge in [-0.15, -0.1) is 0 Å². The maximum atomic E-state index is 13.6. The molecule has 2 aliphatic rings. The van der Waals surface area contributed by atoms with Crippen LogP contribution in [-0.2, 0) is 11.3 Å². The molecule has 5 rings (SSSR count). The highest BCUT2D eigenvalue weighted by atomic mass is 16.8. The number of rotatable bonds is 5. The van der Waals surface area contributed by atoms with Crippen molar-refractivity contribution in [1.82, 2.24) is 19.9 Å². The number of hydrogen-bond acceptors (Lipinski definition) is 5. The van der Waals surface area contributed by atoms with E-state index in [2.05, 4.69) is 11.1 Å². The number of piperidine rings is 1. The van der Waals surface area contributed by atoms with Crippen LogP contribution in [0.1, 0.15) is 75.7 Å². The summed E-state index contributed by atoms with van der Waals surface area (Å²) in [5.41, 5.74) is 7.29. The minimum atomic E-state index is -0.231. The topological polar surface area (TPSA) is 105 Å². The molecule has 0 radical (unpaired) electrons. The van der Waals surface area contributed by atoms with Gasteiger partial charge in [-0.05, 0) is 74.4 Å². The van der Waals surface area contributed by atoms with E-state index in [-0.39, 0.29) is 11.9 Å². The van der Waals surface area contributed by atoms with Crippen molar-refractivity contribution in [3.05, 3.63) is 80.5 Å². The van der Waals surface area contributed by atoms with Gasteiger partial charge in [-0.3, -0.25) is 4.79 Å². The highest BCUT2D eigenvalue weighted by Crippen LogP contribution is 2.34. The van der Waals surface area contributed by atoms with E-state index in [1.807, 2.05) is 62.1 Å². The molecule has 9 heteroatoms. The fourth-order valence-corrected chi connectivity index (χ4v) is 5.73. The summed E-state index contributed by atoms with van der Waals surface area (Å²) in [5.74, 6) is 1.14. The summed E-state index contributed by atoms with van der Waals surface area (Å²) in [4.78, 5) is 40.8. The molecule has 1 atom stereocenters. The Hall–Kier alpha value is -4.19. The maximum absolute atomic E-state index is 13.6. The third-order valence-electron chi connectivity index (χ3n) is 7.96. The number of hydrogen-bond donors (Lipinski definition) is 1. The van der Waals surface area contributed by atoms with Gasteiger partial charge in [-0.25, -0.2) is 9.82 Å². The van der Waals surface area contributed by atoms with Crippen molar-refractivity contribution in [1.29, 1.82) is 5.26 Å². The smallest absolute Gasteiger partial charge is 0.341 e. The van der Waals surface area contributed by atoms with Crippen molar-refractivity contribution in [2.24, 2.45) is 0 Å². The average Bonchev–Trinajstić information content (AvgIpc) is 3.38. The first-order valence-corrected chi connectivity index (χ1v) is 13.1. The Morgan fingerprint density at radius 1 is 1.13 bits per heavy atom. The lowest BCUT2D eigenvalue weighted by Crippen LogP contribution is -2.40. The van der Waals surface area contributed by atoms with Crippen LogP contribution in [0.3, 0.4) is 0 Å². The number of fused-ring (bicyclic) bond motifs is 1. The lowest BCUT2D eigenvalue weighted by Gasteiger charge is -2.32. The monoisotopic (exact) mass is 513 g/mol. The Bertz CT molecular complexity index is 1410. The van der Waals surface area contributed by atoms with E-state index < -0.39 is 0 Å². The van der Waals surface area contributed by atoms with Gasteiger partial charge >= 0.3 is 5.03 Å². The van der Waals surface area contributed by atoms with Crippen molar-refractivity contribution < 1.29 is 14.7 Å². The molecule has 0 saturated carbocycles. The summed E-state index contributed by atoms with van der Waals surface area (Å²) < 4.78 is 0. The molecular formula is C29H33N6O3+. The number of aromatic amines is 1. The van der Waals surface area contributed by atoms with E-state index in [9.17, 15) is 9.70 Å². The number of carbonyl (C=O) groups is 1. The van der Waals surface area contributed by atoms with Crippen LogP contribution >= 0.6 is 0 Å². The van der Waals surface area contributed by atoms with E-state index in [0.717, 1.165) is 40.9 Å². The number of amides is 1. The molecule has 2 aromatic carbocycles. The van der Waals surface area contributed by atoms with Gasteiger partial charge in [0.15, 0.2) is 7.11 Å². The number of aromatic nitrogens is 2. The molecule has 0 spiro atoms. The summed E-state index contributed by atoms with van der Waals surface area (Å²) in [6.07, 6.45) is 2.44. The summed E-state index contributed by atoms with van der Waals surface area (Å²) >= 11 is 0. The second-order valence-electron chi connectivity index (χ2n) is 10.2. The third-order valence-corrected chi connectivity index (χ3v) is 7.96. The summed E-state index contributed by atoms with van der Waals surface area (Å²) in [6, 6.07) is 13.7. The van der Waals surface area contributed by atoms with E-state index in [0.29, 0.717) is 54.0 Å². The van der Waals surface area contributed by atoms with E-state index >= 15 is 0 Å². The number of benzene rings is 2. The van der Waals surface area contributed by atoms with Gasteiger partial charge in [0.25, 0.3) is 5.91 Å².